The molecule has 0 bridgehead atoms. The van der Waals surface area contributed by atoms with E-state index in [0.717, 1.165) is 14.6 Å². The molecule has 0 aliphatic rings. The van der Waals surface area contributed by atoms with Crippen molar-refractivity contribution in [3.63, 3.8) is 0 Å². The van der Waals surface area contributed by atoms with Gasteiger partial charge in [-0.25, -0.2) is 9.48 Å². The van der Waals surface area contributed by atoms with Crippen LogP contribution in [0.25, 0.3) is 15.8 Å². The van der Waals surface area contributed by atoms with Crippen molar-refractivity contribution in [2.75, 3.05) is 11.9 Å². The van der Waals surface area contributed by atoms with E-state index in [1.165, 1.54) is 22.2 Å². The van der Waals surface area contributed by atoms with Gasteiger partial charge in [-0.15, -0.1) is 11.3 Å². The summed E-state index contributed by atoms with van der Waals surface area (Å²) in [7, 11) is 0. The highest BCUT2D eigenvalue weighted by molar-refractivity contribution is 9.10. The maximum absolute atomic E-state index is 13.1. The molecule has 0 saturated carbocycles. The second-order valence-corrected chi connectivity index (χ2v) is 8.56. The zero-order valence-electron chi connectivity index (χ0n) is 15.7. The third kappa shape index (κ3) is 3.86. The van der Waals surface area contributed by atoms with Gasteiger partial charge in [-0.1, -0.05) is 51.8 Å². The van der Waals surface area contributed by atoms with Crippen molar-refractivity contribution in [3.05, 3.63) is 74.7 Å². The number of aromatic nitrogens is 2. The van der Waals surface area contributed by atoms with E-state index in [4.69, 9.17) is 16.3 Å². The van der Waals surface area contributed by atoms with Crippen LogP contribution in [0.4, 0.5) is 5.82 Å². The molecule has 0 unspecified atom stereocenters. The molecule has 2 heterocycles. The number of carbonyl (C=O) groups is 2. The largest absolute Gasteiger partial charge is 0.462 e. The number of hydrogen-bond acceptors (Lipinski definition) is 5. The lowest BCUT2D eigenvalue weighted by atomic mass is 10.2. The van der Waals surface area contributed by atoms with Gasteiger partial charge in [0.05, 0.1) is 23.5 Å². The summed E-state index contributed by atoms with van der Waals surface area (Å²) in [6.45, 7) is 1.92. The van der Waals surface area contributed by atoms with Crippen molar-refractivity contribution in [2.24, 2.45) is 0 Å². The topological polar surface area (TPSA) is 73.2 Å². The molecule has 9 heteroatoms. The van der Waals surface area contributed by atoms with E-state index in [0.29, 0.717) is 15.6 Å². The minimum absolute atomic E-state index is 0.155. The van der Waals surface area contributed by atoms with E-state index in [-0.39, 0.29) is 18.0 Å². The first-order chi connectivity index (χ1) is 14.5. The highest BCUT2D eigenvalue weighted by Gasteiger charge is 2.24. The Balaban J connectivity index is 1.77. The number of nitrogens with zero attached hydrogens (tertiary/aromatic N) is 2. The molecular formula is C21H15BrClN3O3S. The van der Waals surface area contributed by atoms with Crippen molar-refractivity contribution in [2.45, 2.75) is 6.92 Å². The predicted octanol–water partition coefficient (Wildman–Crippen LogP) is 5.93. The van der Waals surface area contributed by atoms with Crippen LogP contribution < -0.4 is 5.32 Å². The van der Waals surface area contributed by atoms with E-state index in [9.17, 15) is 9.59 Å². The van der Waals surface area contributed by atoms with E-state index < -0.39 is 11.9 Å². The molecule has 2 aromatic heterocycles. The van der Waals surface area contributed by atoms with Crippen molar-refractivity contribution in [3.8, 4) is 5.69 Å². The van der Waals surface area contributed by atoms with Gasteiger partial charge < -0.3 is 10.1 Å². The number of thiophene rings is 1. The summed E-state index contributed by atoms with van der Waals surface area (Å²) in [6.07, 6.45) is 1.38. The molecule has 4 rings (SSSR count). The van der Waals surface area contributed by atoms with Crippen LogP contribution in [0.15, 0.2) is 59.2 Å². The van der Waals surface area contributed by atoms with Gasteiger partial charge in [0.25, 0.3) is 5.91 Å². The molecule has 152 valence electrons. The Hall–Kier alpha value is -2.68. The first-order valence-corrected chi connectivity index (χ1v) is 11.0. The lowest BCUT2D eigenvalue weighted by Gasteiger charge is -2.11. The normalized spacial score (nSPS) is 10.9. The van der Waals surface area contributed by atoms with Gasteiger partial charge in [-0.05, 0) is 31.2 Å². The molecule has 0 atom stereocenters. The van der Waals surface area contributed by atoms with Gasteiger partial charge in [0, 0.05) is 14.6 Å². The van der Waals surface area contributed by atoms with Crippen molar-refractivity contribution < 1.29 is 14.3 Å². The molecule has 0 fully saturated rings. The second kappa shape index (κ2) is 8.59. The van der Waals surface area contributed by atoms with Gasteiger partial charge >= 0.3 is 5.97 Å². The Kier molecular flexibility index (Phi) is 5.90. The third-order valence-corrected chi connectivity index (χ3v) is 6.46. The molecule has 1 amide bonds. The summed E-state index contributed by atoms with van der Waals surface area (Å²) in [4.78, 5) is 25.9. The smallest absolute Gasteiger partial charge is 0.343 e. The molecule has 4 aromatic rings. The molecule has 30 heavy (non-hydrogen) atoms. The maximum Gasteiger partial charge on any atom is 0.343 e. The van der Waals surface area contributed by atoms with Crippen LogP contribution in [-0.4, -0.2) is 28.3 Å². The van der Waals surface area contributed by atoms with Crippen LogP contribution in [0, 0.1) is 0 Å². The van der Waals surface area contributed by atoms with Gasteiger partial charge in [0.2, 0.25) is 0 Å². The van der Waals surface area contributed by atoms with Crippen LogP contribution in [0.3, 0.4) is 0 Å². The minimum Gasteiger partial charge on any atom is -0.462 e. The number of esters is 1. The molecule has 2 aromatic carbocycles. The summed E-state index contributed by atoms with van der Waals surface area (Å²) in [5.74, 6) is -0.787. The molecule has 0 saturated heterocycles. The molecular weight excluding hydrogens is 490 g/mol. The summed E-state index contributed by atoms with van der Waals surface area (Å²) >= 11 is 11.2. The van der Waals surface area contributed by atoms with Gasteiger partial charge in [-0.2, -0.15) is 5.10 Å². The quantitative estimate of drug-likeness (QED) is 0.342. The zero-order valence-corrected chi connectivity index (χ0v) is 18.8. The average Bonchev–Trinajstić information content (AvgIpc) is 3.30. The number of ether oxygens (including phenoxy) is 1. The number of hydrogen-bond donors (Lipinski definition) is 1. The maximum atomic E-state index is 13.1. The molecule has 0 spiro atoms. The van der Waals surface area contributed by atoms with E-state index in [1.54, 1.807) is 6.92 Å². The lowest BCUT2D eigenvalue weighted by molar-refractivity contribution is 0.0527. The highest BCUT2D eigenvalue weighted by Crippen LogP contribution is 2.36. The Morgan fingerprint density at radius 2 is 2.03 bits per heavy atom. The fraction of sp³-hybridized carbons (Fsp3) is 0.0952. The number of halogens is 2. The van der Waals surface area contributed by atoms with Crippen LogP contribution in [0.5, 0.6) is 0 Å². The average molecular weight is 505 g/mol. The van der Waals surface area contributed by atoms with Gasteiger partial charge in [0.1, 0.15) is 10.4 Å². The lowest BCUT2D eigenvalue weighted by Crippen LogP contribution is -2.17. The Labute approximate surface area is 189 Å². The van der Waals surface area contributed by atoms with Crippen molar-refractivity contribution in [1.82, 2.24) is 9.78 Å². The second-order valence-electron chi connectivity index (χ2n) is 6.21. The number of benzene rings is 2. The monoisotopic (exact) mass is 503 g/mol. The van der Waals surface area contributed by atoms with E-state index in [1.807, 2.05) is 48.5 Å². The number of amides is 1. The van der Waals surface area contributed by atoms with Crippen LogP contribution in [0.2, 0.25) is 5.02 Å². The fourth-order valence-corrected chi connectivity index (χ4v) is 4.75. The highest BCUT2D eigenvalue weighted by atomic mass is 79.9. The number of anilines is 1. The summed E-state index contributed by atoms with van der Waals surface area (Å²) in [5.41, 5.74) is 0.820. The number of carbonyl (C=O) groups excluding carboxylic acids is 2. The van der Waals surface area contributed by atoms with E-state index in [2.05, 4.69) is 26.3 Å². The Morgan fingerprint density at radius 3 is 2.77 bits per heavy atom. The van der Waals surface area contributed by atoms with Crippen molar-refractivity contribution >= 4 is 66.6 Å². The number of fused-ring (bicyclic) bond motifs is 1. The minimum atomic E-state index is -0.573. The molecule has 0 radical (unpaired) electrons. The van der Waals surface area contributed by atoms with Crippen molar-refractivity contribution in [1.29, 1.82) is 0 Å². The van der Waals surface area contributed by atoms with Crippen LogP contribution in [-0.2, 0) is 4.74 Å². The number of rotatable bonds is 5. The zero-order chi connectivity index (χ0) is 21.3. The predicted molar refractivity (Wildman–Crippen MR) is 122 cm³/mol. The van der Waals surface area contributed by atoms with Crippen LogP contribution in [0.1, 0.15) is 27.0 Å². The fourth-order valence-electron chi connectivity index (χ4n) is 2.95. The molecule has 0 aliphatic carbocycles. The molecule has 1 N–H and O–H groups in total. The first kappa shape index (κ1) is 20.6. The first-order valence-electron chi connectivity index (χ1n) is 8.99. The summed E-state index contributed by atoms with van der Waals surface area (Å²) in [6, 6.07) is 14.9. The summed E-state index contributed by atoms with van der Waals surface area (Å²) < 4.78 is 8.34. The third-order valence-electron chi connectivity index (χ3n) is 4.29. The Bertz CT molecular complexity index is 1270. The van der Waals surface area contributed by atoms with Crippen LogP contribution >= 0.6 is 38.9 Å². The number of nitrogens with one attached hydrogen (secondary N) is 1. The standard InChI is InChI=1S/C21H15BrClN3O3S/c1-2-29-21(28)15-11-24-26(13-7-5-6-12(22)10-13)19(15)25-20(27)18-17(23)14-8-3-4-9-16(14)30-18/h3-11H,2H2,1H3,(H,25,27). The van der Waals surface area contributed by atoms with Gasteiger partial charge in [0.15, 0.2) is 5.82 Å². The molecule has 6 nitrogen and oxygen atoms in total. The Morgan fingerprint density at radius 1 is 1.23 bits per heavy atom. The van der Waals surface area contributed by atoms with E-state index >= 15 is 0 Å². The SMILES string of the molecule is CCOC(=O)c1cnn(-c2cccc(Br)c2)c1NC(=O)c1sc2ccccc2c1Cl. The molecule has 0 aliphatic heterocycles. The summed E-state index contributed by atoms with van der Waals surface area (Å²) in [5, 5.41) is 8.28. The van der Waals surface area contributed by atoms with Gasteiger partial charge in [-0.3, -0.25) is 4.79 Å².